The van der Waals surface area contributed by atoms with E-state index in [-0.39, 0.29) is 23.7 Å². The second-order valence-corrected chi connectivity index (χ2v) is 7.45. The van der Waals surface area contributed by atoms with Crippen molar-refractivity contribution in [3.8, 4) is 0 Å². The van der Waals surface area contributed by atoms with Gasteiger partial charge in [-0.15, -0.1) is 0 Å². The molecule has 2 heterocycles. The number of carbonyl (C=O) groups is 1. The van der Waals surface area contributed by atoms with E-state index in [0.29, 0.717) is 32.7 Å². The van der Waals surface area contributed by atoms with Gasteiger partial charge in [0.1, 0.15) is 0 Å². The summed E-state index contributed by atoms with van der Waals surface area (Å²) in [4.78, 5) is 11.3. The first kappa shape index (κ1) is 14.7. The number of piperidine rings is 1. The van der Waals surface area contributed by atoms with E-state index < -0.39 is 10.0 Å². The van der Waals surface area contributed by atoms with Crippen molar-refractivity contribution < 1.29 is 17.9 Å². The Bertz CT molecular complexity index is 427. The zero-order valence-electron chi connectivity index (χ0n) is 11.4. The Morgan fingerprint density at radius 2 is 2.05 bits per heavy atom. The lowest BCUT2D eigenvalue weighted by atomic mass is 9.78. The van der Waals surface area contributed by atoms with Gasteiger partial charge in [0.25, 0.3) is 0 Å². The van der Waals surface area contributed by atoms with E-state index in [4.69, 9.17) is 4.74 Å². The lowest BCUT2D eigenvalue weighted by molar-refractivity contribution is -0.119. The Balaban J connectivity index is 1.87. The average molecular weight is 290 g/mol. The molecule has 0 unspecified atom stereocenters. The fourth-order valence-corrected chi connectivity index (χ4v) is 4.11. The largest absolute Gasteiger partial charge is 0.381 e. The summed E-state index contributed by atoms with van der Waals surface area (Å²) in [5.74, 6) is 0.137. The predicted octanol–water partition coefficient (Wildman–Crippen LogP) is -0.0452. The van der Waals surface area contributed by atoms with Crippen molar-refractivity contribution in [2.75, 3.05) is 38.6 Å². The molecule has 1 spiro atoms. The SMILES string of the molecule is CCOCCS(=O)(=O)N1CCC2(CC1)CNC(=O)C2. The smallest absolute Gasteiger partial charge is 0.220 e. The van der Waals surface area contributed by atoms with Crippen LogP contribution >= 0.6 is 0 Å². The number of ether oxygens (including phenoxy) is 1. The highest BCUT2D eigenvalue weighted by atomic mass is 32.2. The average Bonchev–Trinajstić information content (AvgIpc) is 2.71. The van der Waals surface area contributed by atoms with Crippen molar-refractivity contribution in [2.24, 2.45) is 5.41 Å². The molecule has 2 rings (SSSR count). The number of rotatable bonds is 5. The number of hydrogen-bond acceptors (Lipinski definition) is 4. The monoisotopic (exact) mass is 290 g/mol. The fraction of sp³-hybridized carbons (Fsp3) is 0.917. The van der Waals surface area contributed by atoms with Crippen LogP contribution in [0.4, 0.5) is 0 Å². The highest BCUT2D eigenvalue weighted by Gasteiger charge is 2.42. The fourth-order valence-electron chi connectivity index (χ4n) is 2.78. The van der Waals surface area contributed by atoms with E-state index in [9.17, 15) is 13.2 Å². The van der Waals surface area contributed by atoms with E-state index in [1.165, 1.54) is 0 Å². The van der Waals surface area contributed by atoms with Crippen LogP contribution in [-0.4, -0.2) is 57.2 Å². The normalized spacial score (nSPS) is 23.7. The minimum absolute atomic E-state index is 0.0109. The molecule has 0 atom stereocenters. The van der Waals surface area contributed by atoms with Crippen molar-refractivity contribution in [2.45, 2.75) is 26.2 Å². The van der Waals surface area contributed by atoms with Crippen LogP contribution in [0.15, 0.2) is 0 Å². The van der Waals surface area contributed by atoms with Gasteiger partial charge < -0.3 is 10.1 Å². The Morgan fingerprint density at radius 3 is 2.58 bits per heavy atom. The van der Waals surface area contributed by atoms with Gasteiger partial charge in [-0.3, -0.25) is 4.79 Å². The molecule has 2 fully saturated rings. The van der Waals surface area contributed by atoms with Gasteiger partial charge in [0.2, 0.25) is 15.9 Å². The maximum atomic E-state index is 12.1. The first-order valence-electron chi connectivity index (χ1n) is 6.80. The predicted molar refractivity (Wildman–Crippen MR) is 71.1 cm³/mol. The van der Waals surface area contributed by atoms with Crippen molar-refractivity contribution in [3.63, 3.8) is 0 Å². The zero-order valence-corrected chi connectivity index (χ0v) is 12.2. The minimum atomic E-state index is -3.21. The van der Waals surface area contributed by atoms with Gasteiger partial charge in [0.05, 0.1) is 12.4 Å². The lowest BCUT2D eigenvalue weighted by Gasteiger charge is -2.37. The molecule has 0 radical (unpaired) electrons. The highest BCUT2D eigenvalue weighted by molar-refractivity contribution is 7.89. The summed E-state index contributed by atoms with van der Waals surface area (Å²) >= 11 is 0. The summed E-state index contributed by atoms with van der Waals surface area (Å²) in [6.07, 6.45) is 2.07. The molecule has 0 aliphatic carbocycles. The van der Waals surface area contributed by atoms with E-state index in [1.807, 2.05) is 6.92 Å². The Labute approximate surface area is 114 Å². The Kier molecular flexibility index (Phi) is 4.47. The van der Waals surface area contributed by atoms with Crippen LogP contribution in [0.5, 0.6) is 0 Å². The summed E-state index contributed by atoms with van der Waals surface area (Å²) in [6, 6.07) is 0. The van der Waals surface area contributed by atoms with Crippen LogP contribution in [0.25, 0.3) is 0 Å². The Hall–Kier alpha value is -0.660. The molecule has 1 amide bonds. The van der Waals surface area contributed by atoms with Crippen molar-refractivity contribution in [1.82, 2.24) is 9.62 Å². The lowest BCUT2D eigenvalue weighted by Crippen LogP contribution is -2.45. The Morgan fingerprint density at radius 1 is 1.37 bits per heavy atom. The van der Waals surface area contributed by atoms with Crippen LogP contribution in [0, 0.1) is 5.41 Å². The van der Waals surface area contributed by atoms with E-state index in [2.05, 4.69) is 5.32 Å². The van der Waals surface area contributed by atoms with Gasteiger partial charge in [0.15, 0.2) is 0 Å². The summed E-state index contributed by atoms with van der Waals surface area (Å²) in [5, 5.41) is 2.85. The van der Waals surface area contributed by atoms with E-state index >= 15 is 0 Å². The first-order chi connectivity index (χ1) is 8.97. The van der Waals surface area contributed by atoms with Gasteiger partial charge in [-0.25, -0.2) is 12.7 Å². The van der Waals surface area contributed by atoms with Gasteiger partial charge >= 0.3 is 0 Å². The summed E-state index contributed by atoms with van der Waals surface area (Å²) in [7, 11) is -3.21. The molecule has 0 aromatic rings. The molecule has 0 saturated carbocycles. The maximum absolute atomic E-state index is 12.1. The number of nitrogens with zero attached hydrogens (tertiary/aromatic N) is 1. The van der Waals surface area contributed by atoms with Crippen LogP contribution in [-0.2, 0) is 19.6 Å². The molecule has 1 N–H and O–H groups in total. The number of nitrogens with one attached hydrogen (secondary N) is 1. The third-order valence-electron chi connectivity index (χ3n) is 4.06. The first-order valence-corrected chi connectivity index (χ1v) is 8.41. The summed E-state index contributed by atoms with van der Waals surface area (Å²) in [5.41, 5.74) is -0.0109. The third kappa shape index (κ3) is 3.46. The molecule has 0 aromatic carbocycles. The van der Waals surface area contributed by atoms with Gasteiger partial charge in [-0.2, -0.15) is 0 Å². The molecular weight excluding hydrogens is 268 g/mol. The van der Waals surface area contributed by atoms with Crippen molar-refractivity contribution in [3.05, 3.63) is 0 Å². The molecule has 2 aliphatic heterocycles. The van der Waals surface area contributed by atoms with E-state index in [1.54, 1.807) is 4.31 Å². The van der Waals surface area contributed by atoms with Crippen LogP contribution in [0.1, 0.15) is 26.2 Å². The molecule has 2 saturated heterocycles. The summed E-state index contributed by atoms with van der Waals surface area (Å²) in [6.45, 7) is 4.36. The van der Waals surface area contributed by atoms with E-state index in [0.717, 1.165) is 12.8 Å². The molecule has 2 aliphatic rings. The van der Waals surface area contributed by atoms with Gasteiger partial charge in [-0.1, -0.05) is 0 Å². The molecule has 0 bridgehead atoms. The molecule has 19 heavy (non-hydrogen) atoms. The number of hydrogen-bond donors (Lipinski definition) is 1. The third-order valence-corrected chi connectivity index (χ3v) is 5.90. The van der Waals surface area contributed by atoms with Crippen LogP contribution in [0.2, 0.25) is 0 Å². The minimum Gasteiger partial charge on any atom is -0.381 e. The second kappa shape index (κ2) is 5.76. The van der Waals surface area contributed by atoms with Crippen LogP contribution < -0.4 is 5.32 Å². The quantitative estimate of drug-likeness (QED) is 0.721. The number of carbonyl (C=O) groups excluding carboxylic acids is 1. The number of amides is 1. The topological polar surface area (TPSA) is 75.7 Å². The van der Waals surface area contributed by atoms with Crippen molar-refractivity contribution >= 4 is 15.9 Å². The van der Waals surface area contributed by atoms with Crippen molar-refractivity contribution in [1.29, 1.82) is 0 Å². The standard InChI is InChI=1S/C12H22N2O4S/c1-2-18-7-8-19(16,17)14-5-3-12(4-6-14)9-11(15)13-10-12/h2-10H2,1H3,(H,13,15). The molecule has 0 aromatic heterocycles. The zero-order chi connectivity index (χ0) is 13.9. The molecule has 6 nitrogen and oxygen atoms in total. The van der Waals surface area contributed by atoms with Gasteiger partial charge in [0, 0.05) is 32.7 Å². The molecule has 7 heteroatoms. The number of sulfonamides is 1. The molecular formula is C12H22N2O4S. The van der Waals surface area contributed by atoms with Gasteiger partial charge in [-0.05, 0) is 25.2 Å². The molecule has 110 valence electrons. The van der Waals surface area contributed by atoms with Crippen LogP contribution in [0.3, 0.4) is 0 Å². The highest BCUT2D eigenvalue weighted by Crippen LogP contribution is 2.38. The summed E-state index contributed by atoms with van der Waals surface area (Å²) < 4.78 is 30.8. The second-order valence-electron chi connectivity index (χ2n) is 5.37. The maximum Gasteiger partial charge on any atom is 0.220 e.